The van der Waals surface area contributed by atoms with Gasteiger partial charge in [0.2, 0.25) is 5.82 Å². The number of aromatic amines is 1. The van der Waals surface area contributed by atoms with Gasteiger partial charge in [0.1, 0.15) is 5.69 Å². The van der Waals surface area contributed by atoms with Crippen LogP contribution in [0.4, 0.5) is 0 Å². The first-order valence-electron chi connectivity index (χ1n) is 6.98. The third-order valence-corrected chi connectivity index (χ3v) is 3.23. The number of aryl methyl sites for hydroxylation is 1. The first kappa shape index (κ1) is 14.1. The number of nitrogens with one attached hydrogen (secondary N) is 1. The lowest BCUT2D eigenvalue weighted by atomic mass is 10.1. The van der Waals surface area contributed by atoms with Gasteiger partial charge in [-0.1, -0.05) is 36.3 Å². The van der Waals surface area contributed by atoms with E-state index in [-0.39, 0.29) is 12.5 Å². The van der Waals surface area contributed by atoms with Crippen LogP contribution in [0, 0.1) is 0 Å². The Balaban J connectivity index is 1.64. The van der Waals surface area contributed by atoms with Crippen molar-refractivity contribution in [2.45, 2.75) is 20.0 Å². The van der Waals surface area contributed by atoms with E-state index in [0.717, 1.165) is 12.0 Å². The molecule has 0 unspecified atom stereocenters. The zero-order valence-electron chi connectivity index (χ0n) is 12.1. The van der Waals surface area contributed by atoms with Crippen LogP contribution in [0.25, 0.3) is 11.4 Å². The van der Waals surface area contributed by atoms with E-state index in [2.05, 4.69) is 22.0 Å². The minimum atomic E-state index is -0.461. The molecule has 0 bridgehead atoms. The molecule has 0 spiro atoms. The van der Waals surface area contributed by atoms with Crippen LogP contribution in [0.3, 0.4) is 0 Å². The van der Waals surface area contributed by atoms with Crippen LogP contribution in [0.15, 0.2) is 47.1 Å². The van der Waals surface area contributed by atoms with Crippen LogP contribution in [-0.2, 0) is 17.8 Å². The van der Waals surface area contributed by atoms with Crippen LogP contribution in [0.5, 0.6) is 0 Å². The quantitative estimate of drug-likeness (QED) is 0.732. The molecule has 0 amide bonds. The summed E-state index contributed by atoms with van der Waals surface area (Å²) < 4.78 is 10.2. The fraction of sp³-hybridized carbons (Fsp3) is 0.188. The standard InChI is InChI=1S/C16H15N3O3/c1-2-11-5-7-12(8-6-11)15-18-14(22-19-15)10-21-16(20)13-4-3-9-17-13/h3-9,17H,2,10H2,1H3. The molecule has 0 saturated carbocycles. The number of ether oxygens (including phenoxy) is 1. The summed E-state index contributed by atoms with van der Waals surface area (Å²) in [4.78, 5) is 18.7. The Morgan fingerprint density at radius 1 is 1.27 bits per heavy atom. The Morgan fingerprint density at radius 3 is 2.77 bits per heavy atom. The van der Waals surface area contributed by atoms with Crippen molar-refractivity contribution in [1.29, 1.82) is 0 Å². The van der Waals surface area contributed by atoms with Crippen LogP contribution in [0.1, 0.15) is 28.9 Å². The summed E-state index contributed by atoms with van der Waals surface area (Å²) in [5, 5.41) is 3.90. The Bertz CT molecular complexity index is 745. The molecule has 0 fully saturated rings. The highest BCUT2D eigenvalue weighted by Gasteiger charge is 2.12. The minimum absolute atomic E-state index is 0.0576. The van der Waals surface area contributed by atoms with E-state index in [1.807, 2.05) is 24.3 Å². The highest BCUT2D eigenvalue weighted by molar-refractivity contribution is 5.87. The number of carbonyl (C=O) groups excluding carboxylic acids is 1. The van der Waals surface area contributed by atoms with Gasteiger partial charge in [-0.25, -0.2) is 4.79 Å². The first-order chi connectivity index (χ1) is 10.8. The Morgan fingerprint density at radius 2 is 2.09 bits per heavy atom. The molecule has 0 radical (unpaired) electrons. The number of esters is 1. The molecule has 2 aromatic heterocycles. The molecule has 1 N–H and O–H groups in total. The number of H-pyrrole nitrogens is 1. The highest BCUT2D eigenvalue weighted by Crippen LogP contribution is 2.17. The predicted molar refractivity (Wildman–Crippen MR) is 79.0 cm³/mol. The van der Waals surface area contributed by atoms with Gasteiger partial charge in [-0.05, 0) is 24.1 Å². The van der Waals surface area contributed by atoms with Gasteiger partial charge in [0, 0.05) is 11.8 Å². The number of hydrogen-bond donors (Lipinski definition) is 1. The molecular weight excluding hydrogens is 282 g/mol. The topological polar surface area (TPSA) is 81.0 Å². The number of rotatable bonds is 5. The van der Waals surface area contributed by atoms with Crippen LogP contribution < -0.4 is 0 Å². The fourth-order valence-electron chi connectivity index (χ4n) is 1.98. The lowest BCUT2D eigenvalue weighted by Gasteiger charge is -1.99. The number of hydrogen-bond acceptors (Lipinski definition) is 5. The molecule has 112 valence electrons. The molecule has 0 atom stereocenters. The molecule has 0 aliphatic rings. The number of nitrogens with zero attached hydrogens (tertiary/aromatic N) is 2. The molecule has 22 heavy (non-hydrogen) atoms. The van der Waals surface area contributed by atoms with Crippen molar-refractivity contribution in [2.24, 2.45) is 0 Å². The molecule has 3 rings (SSSR count). The second-order valence-electron chi connectivity index (χ2n) is 4.72. The number of carbonyl (C=O) groups is 1. The fourth-order valence-corrected chi connectivity index (χ4v) is 1.98. The van der Waals surface area contributed by atoms with Crippen molar-refractivity contribution in [3.8, 4) is 11.4 Å². The SMILES string of the molecule is CCc1ccc(-c2noc(COC(=O)c3ccc[nH]3)n2)cc1. The third-order valence-electron chi connectivity index (χ3n) is 3.23. The smallest absolute Gasteiger partial charge is 0.355 e. The van der Waals surface area contributed by atoms with Gasteiger partial charge >= 0.3 is 5.97 Å². The van der Waals surface area contributed by atoms with Gasteiger partial charge < -0.3 is 14.2 Å². The number of benzene rings is 1. The predicted octanol–water partition coefficient (Wildman–Crippen LogP) is 2.98. The molecule has 6 nitrogen and oxygen atoms in total. The first-order valence-corrected chi connectivity index (χ1v) is 6.98. The Hall–Kier alpha value is -2.89. The highest BCUT2D eigenvalue weighted by atomic mass is 16.6. The Labute approximate surface area is 127 Å². The van der Waals surface area contributed by atoms with E-state index in [1.165, 1.54) is 5.56 Å². The van der Waals surface area contributed by atoms with Crippen LogP contribution >= 0.6 is 0 Å². The summed E-state index contributed by atoms with van der Waals surface area (Å²) >= 11 is 0. The normalized spacial score (nSPS) is 10.6. The molecule has 0 aliphatic heterocycles. The van der Waals surface area contributed by atoms with E-state index in [1.54, 1.807) is 18.3 Å². The van der Waals surface area contributed by atoms with Crippen molar-refractivity contribution < 1.29 is 14.1 Å². The zero-order chi connectivity index (χ0) is 15.4. The molecule has 0 aliphatic carbocycles. The summed E-state index contributed by atoms with van der Waals surface area (Å²) in [5.41, 5.74) is 2.49. The van der Waals surface area contributed by atoms with E-state index in [4.69, 9.17) is 9.26 Å². The maximum absolute atomic E-state index is 11.7. The minimum Gasteiger partial charge on any atom is -0.451 e. The lowest BCUT2D eigenvalue weighted by Crippen LogP contribution is -2.05. The molecule has 3 aromatic rings. The second kappa shape index (κ2) is 6.26. The molecule has 1 aromatic carbocycles. The van der Waals surface area contributed by atoms with Gasteiger partial charge in [-0.3, -0.25) is 0 Å². The van der Waals surface area contributed by atoms with Crippen molar-refractivity contribution in [1.82, 2.24) is 15.1 Å². The van der Waals surface area contributed by atoms with Gasteiger partial charge in [0.25, 0.3) is 5.89 Å². The molecule has 0 saturated heterocycles. The van der Waals surface area contributed by atoms with Crippen LogP contribution in [-0.4, -0.2) is 21.1 Å². The number of aromatic nitrogens is 3. The van der Waals surface area contributed by atoms with Crippen molar-refractivity contribution in [3.63, 3.8) is 0 Å². The van der Waals surface area contributed by atoms with E-state index in [0.29, 0.717) is 11.5 Å². The lowest BCUT2D eigenvalue weighted by molar-refractivity contribution is 0.0423. The molecular formula is C16H15N3O3. The van der Waals surface area contributed by atoms with E-state index >= 15 is 0 Å². The zero-order valence-corrected chi connectivity index (χ0v) is 12.1. The largest absolute Gasteiger partial charge is 0.451 e. The second-order valence-corrected chi connectivity index (χ2v) is 4.72. The van der Waals surface area contributed by atoms with Crippen LogP contribution in [0.2, 0.25) is 0 Å². The monoisotopic (exact) mass is 297 g/mol. The van der Waals surface area contributed by atoms with E-state index < -0.39 is 5.97 Å². The van der Waals surface area contributed by atoms with E-state index in [9.17, 15) is 4.79 Å². The molecule has 6 heteroatoms. The summed E-state index contributed by atoms with van der Waals surface area (Å²) in [6.45, 7) is 2.04. The van der Waals surface area contributed by atoms with Gasteiger partial charge in [0.15, 0.2) is 6.61 Å². The summed E-state index contributed by atoms with van der Waals surface area (Å²) in [6, 6.07) is 11.3. The molecule has 2 heterocycles. The maximum atomic E-state index is 11.7. The van der Waals surface area contributed by atoms with Crippen molar-refractivity contribution in [2.75, 3.05) is 0 Å². The average Bonchev–Trinajstić information content (AvgIpc) is 3.24. The summed E-state index contributed by atoms with van der Waals surface area (Å²) in [5.74, 6) is 0.278. The van der Waals surface area contributed by atoms with Gasteiger partial charge in [-0.2, -0.15) is 4.98 Å². The van der Waals surface area contributed by atoms with Crippen molar-refractivity contribution in [3.05, 3.63) is 59.7 Å². The average molecular weight is 297 g/mol. The third kappa shape index (κ3) is 3.06. The van der Waals surface area contributed by atoms with Crippen molar-refractivity contribution >= 4 is 5.97 Å². The summed E-state index contributed by atoms with van der Waals surface area (Å²) in [7, 11) is 0. The van der Waals surface area contributed by atoms with Gasteiger partial charge in [0.05, 0.1) is 0 Å². The van der Waals surface area contributed by atoms with Gasteiger partial charge in [-0.15, -0.1) is 0 Å². The Kier molecular flexibility index (Phi) is 4.00. The maximum Gasteiger partial charge on any atom is 0.355 e. The summed E-state index contributed by atoms with van der Waals surface area (Å²) in [6.07, 6.45) is 2.63.